The molecule has 1 fully saturated rings. The van der Waals surface area contributed by atoms with Crippen molar-refractivity contribution in [1.29, 1.82) is 0 Å². The fraction of sp³-hybridized carbons (Fsp3) is 0.571. The molecule has 0 heterocycles. The predicted molar refractivity (Wildman–Crippen MR) is 66.1 cm³/mol. The van der Waals surface area contributed by atoms with Gasteiger partial charge in [0.25, 0.3) is 0 Å². The molecule has 1 aliphatic carbocycles. The van der Waals surface area contributed by atoms with E-state index in [2.05, 4.69) is 12.2 Å². The quantitative estimate of drug-likeness (QED) is 0.806. The smallest absolute Gasteiger partial charge is 0.125 e. The summed E-state index contributed by atoms with van der Waals surface area (Å²) in [6.45, 7) is 2.27. The molecule has 1 N–H and O–H groups in total. The van der Waals surface area contributed by atoms with Crippen molar-refractivity contribution in [3.63, 3.8) is 0 Å². The Labute approximate surface area is 97.1 Å². The second-order valence-corrected chi connectivity index (χ2v) is 4.78. The van der Waals surface area contributed by atoms with E-state index in [4.69, 9.17) is 0 Å². The van der Waals surface area contributed by atoms with Crippen molar-refractivity contribution >= 4 is 5.69 Å². The minimum atomic E-state index is -0.160. The van der Waals surface area contributed by atoms with Crippen LogP contribution in [0.15, 0.2) is 24.3 Å². The number of halogens is 1. The molecule has 1 aromatic carbocycles. The molecule has 1 aromatic rings. The third kappa shape index (κ3) is 2.97. The van der Waals surface area contributed by atoms with Crippen LogP contribution in [0.2, 0.25) is 0 Å². The minimum absolute atomic E-state index is 0.160. The Morgan fingerprint density at radius 2 is 2.00 bits per heavy atom. The first-order valence-corrected chi connectivity index (χ1v) is 6.30. The van der Waals surface area contributed by atoms with Crippen molar-refractivity contribution in [2.45, 2.75) is 45.1 Å². The van der Waals surface area contributed by atoms with Crippen molar-refractivity contribution in [3.05, 3.63) is 30.1 Å². The van der Waals surface area contributed by atoms with Gasteiger partial charge in [-0.1, -0.05) is 19.4 Å². The van der Waals surface area contributed by atoms with Gasteiger partial charge < -0.3 is 5.32 Å². The zero-order chi connectivity index (χ0) is 11.4. The van der Waals surface area contributed by atoms with E-state index in [9.17, 15) is 4.39 Å². The number of rotatable bonds is 3. The van der Waals surface area contributed by atoms with Gasteiger partial charge in [-0.2, -0.15) is 0 Å². The Kier molecular flexibility index (Phi) is 3.81. The van der Waals surface area contributed by atoms with Crippen LogP contribution in [0.25, 0.3) is 0 Å². The second-order valence-electron chi connectivity index (χ2n) is 4.78. The monoisotopic (exact) mass is 221 g/mol. The highest BCUT2D eigenvalue weighted by atomic mass is 19.1. The Balaban J connectivity index is 1.87. The van der Waals surface area contributed by atoms with Crippen molar-refractivity contribution in [2.24, 2.45) is 5.92 Å². The molecular formula is C14H20FN. The summed E-state index contributed by atoms with van der Waals surface area (Å²) in [6.07, 6.45) is 6.35. The summed E-state index contributed by atoms with van der Waals surface area (Å²) >= 11 is 0. The fourth-order valence-electron chi connectivity index (χ4n) is 2.53. The summed E-state index contributed by atoms with van der Waals surface area (Å²) in [4.78, 5) is 0. The van der Waals surface area contributed by atoms with Crippen LogP contribution in [0.1, 0.15) is 39.0 Å². The summed E-state index contributed by atoms with van der Waals surface area (Å²) in [6, 6.07) is 7.29. The molecule has 0 atom stereocenters. The minimum Gasteiger partial charge on any atom is -0.382 e. The van der Waals surface area contributed by atoms with Gasteiger partial charge in [-0.3, -0.25) is 0 Å². The summed E-state index contributed by atoms with van der Waals surface area (Å²) in [5.74, 6) is 0.748. The van der Waals surface area contributed by atoms with E-state index in [1.54, 1.807) is 12.1 Å². The Morgan fingerprint density at radius 3 is 2.62 bits per heavy atom. The van der Waals surface area contributed by atoms with Gasteiger partial charge in [-0.15, -0.1) is 0 Å². The highest BCUT2D eigenvalue weighted by Crippen LogP contribution is 2.28. The van der Waals surface area contributed by atoms with E-state index in [0.717, 1.165) is 11.6 Å². The molecular weight excluding hydrogens is 201 g/mol. The lowest BCUT2D eigenvalue weighted by Crippen LogP contribution is -2.25. The normalized spacial score (nSPS) is 25.4. The molecule has 0 amide bonds. The molecule has 0 saturated heterocycles. The predicted octanol–water partition coefficient (Wildman–Crippen LogP) is 4.21. The van der Waals surface area contributed by atoms with Crippen LogP contribution < -0.4 is 5.32 Å². The molecule has 0 aromatic heterocycles. The molecule has 0 spiro atoms. The van der Waals surface area contributed by atoms with Gasteiger partial charge in [0.1, 0.15) is 5.82 Å². The molecule has 0 radical (unpaired) electrons. The Morgan fingerprint density at radius 1 is 1.25 bits per heavy atom. The standard InChI is InChI=1S/C14H20FN/c1-2-11-6-8-13(9-7-11)16-14-5-3-4-12(15)10-14/h3-5,10-11,13,16H,2,6-9H2,1H3. The molecule has 0 unspecified atom stereocenters. The van der Waals surface area contributed by atoms with E-state index >= 15 is 0 Å². The number of hydrogen-bond acceptors (Lipinski definition) is 1. The summed E-state index contributed by atoms with van der Waals surface area (Å²) in [5, 5.41) is 3.43. The van der Waals surface area contributed by atoms with Crippen molar-refractivity contribution in [3.8, 4) is 0 Å². The fourth-order valence-corrected chi connectivity index (χ4v) is 2.53. The SMILES string of the molecule is CCC1CCC(Nc2cccc(F)c2)CC1. The molecule has 16 heavy (non-hydrogen) atoms. The lowest BCUT2D eigenvalue weighted by Gasteiger charge is -2.29. The zero-order valence-electron chi connectivity index (χ0n) is 9.88. The van der Waals surface area contributed by atoms with Crippen LogP contribution in [-0.2, 0) is 0 Å². The maximum absolute atomic E-state index is 13.0. The Hall–Kier alpha value is -1.05. The third-order valence-electron chi connectivity index (χ3n) is 3.62. The largest absolute Gasteiger partial charge is 0.382 e. The van der Waals surface area contributed by atoms with Crippen LogP contribution in [0.4, 0.5) is 10.1 Å². The van der Waals surface area contributed by atoms with E-state index < -0.39 is 0 Å². The number of nitrogens with one attached hydrogen (secondary N) is 1. The number of benzene rings is 1. The lowest BCUT2D eigenvalue weighted by molar-refractivity contribution is 0.330. The van der Waals surface area contributed by atoms with Crippen molar-refractivity contribution in [1.82, 2.24) is 0 Å². The van der Waals surface area contributed by atoms with Crippen molar-refractivity contribution < 1.29 is 4.39 Å². The molecule has 1 nitrogen and oxygen atoms in total. The van der Waals surface area contributed by atoms with Crippen molar-refractivity contribution in [2.75, 3.05) is 5.32 Å². The highest BCUT2D eigenvalue weighted by molar-refractivity contribution is 5.44. The van der Waals surface area contributed by atoms with Crippen LogP contribution in [0, 0.1) is 11.7 Å². The van der Waals surface area contributed by atoms with Gasteiger partial charge in [-0.25, -0.2) is 4.39 Å². The topological polar surface area (TPSA) is 12.0 Å². The maximum Gasteiger partial charge on any atom is 0.125 e. The highest BCUT2D eigenvalue weighted by Gasteiger charge is 2.19. The maximum atomic E-state index is 13.0. The molecule has 1 aliphatic rings. The average Bonchev–Trinajstić information content (AvgIpc) is 2.30. The summed E-state index contributed by atoms with van der Waals surface area (Å²) in [7, 11) is 0. The molecule has 0 aliphatic heterocycles. The molecule has 2 rings (SSSR count). The first-order valence-electron chi connectivity index (χ1n) is 6.30. The zero-order valence-corrected chi connectivity index (χ0v) is 9.88. The van der Waals surface area contributed by atoms with E-state index in [-0.39, 0.29) is 5.82 Å². The average molecular weight is 221 g/mol. The molecule has 2 heteroatoms. The van der Waals surface area contributed by atoms with Crippen LogP contribution in [0.3, 0.4) is 0 Å². The number of anilines is 1. The molecule has 1 saturated carbocycles. The first-order chi connectivity index (χ1) is 7.78. The van der Waals surface area contributed by atoms with Gasteiger partial charge >= 0.3 is 0 Å². The van der Waals surface area contributed by atoms with E-state index in [1.165, 1.54) is 38.2 Å². The van der Waals surface area contributed by atoms with Gasteiger partial charge in [0.05, 0.1) is 0 Å². The van der Waals surface area contributed by atoms with Gasteiger partial charge in [0.2, 0.25) is 0 Å². The Bertz CT molecular complexity index is 329. The van der Waals surface area contributed by atoms with E-state index in [1.807, 2.05) is 6.07 Å². The van der Waals surface area contributed by atoms with Gasteiger partial charge in [0.15, 0.2) is 0 Å². The second kappa shape index (κ2) is 5.33. The van der Waals surface area contributed by atoms with Crippen LogP contribution in [-0.4, -0.2) is 6.04 Å². The van der Waals surface area contributed by atoms with E-state index in [0.29, 0.717) is 6.04 Å². The van der Waals surface area contributed by atoms with Gasteiger partial charge in [0, 0.05) is 11.7 Å². The summed E-state index contributed by atoms with van der Waals surface area (Å²) < 4.78 is 13.0. The van der Waals surface area contributed by atoms with Crippen LogP contribution in [0.5, 0.6) is 0 Å². The third-order valence-corrected chi connectivity index (χ3v) is 3.62. The number of hydrogen-bond donors (Lipinski definition) is 1. The lowest BCUT2D eigenvalue weighted by atomic mass is 9.84. The summed E-state index contributed by atoms with van der Waals surface area (Å²) in [5.41, 5.74) is 0.917. The van der Waals surface area contributed by atoms with Gasteiger partial charge in [-0.05, 0) is 49.8 Å². The molecule has 0 bridgehead atoms. The first kappa shape index (κ1) is 11.4. The van der Waals surface area contributed by atoms with Crippen LogP contribution >= 0.6 is 0 Å². The molecule has 88 valence electrons.